The summed E-state index contributed by atoms with van der Waals surface area (Å²) in [6.45, 7) is 4.47. The molecule has 0 fully saturated rings. The molecular weight excluding hydrogens is 391 g/mol. The molecule has 29 heavy (non-hydrogen) atoms. The second kappa shape index (κ2) is 8.17. The van der Waals surface area contributed by atoms with Crippen molar-refractivity contribution in [2.45, 2.75) is 31.7 Å². The molecule has 0 heterocycles. The normalized spacial score (nSPS) is 19.4. The molecule has 4 nitrogen and oxygen atoms in total. The van der Waals surface area contributed by atoms with Crippen LogP contribution in [-0.4, -0.2) is 42.6 Å². The lowest BCUT2D eigenvalue weighted by Crippen LogP contribution is -2.42. The first-order valence-electron chi connectivity index (χ1n) is 9.55. The molecule has 154 valence electrons. The van der Waals surface area contributed by atoms with Gasteiger partial charge in [-0.05, 0) is 63.2 Å². The number of likely N-dealkylation sites (N-methyl/N-ethyl adjacent to an activating group) is 1. The van der Waals surface area contributed by atoms with Crippen molar-refractivity contribution in [3.05, 3.63) is 75.6 Å². The largest absolute Gasteiger partial charge is 0.504 e. The number of rotatable bonds is 7. The Balaban J connectivity index is 1.66. The zero-order valence-electron chi connectivity index (χ0n) is 17.1. The van der Waals surface area contributed by atoms with Gasteiger partial charge in [-0.3, -0.25) is 4.79 Å². The van der Waals surface area contributed by atoms with Gasteiger partial charge in [0, 0.05) is 23.6 Å². The third kappa shape index (κ3) is 4.16. The fourth-order valence-corrected chi connectivity index (χ4v) is 4.04. The van der Waals surface area contributed by atoms with Crippen LogP contribution in [0.4, 0.5) is 4.39 Å². The molecule has 0 aromatic heterocycles. The number of carbonyl (C=O) groups is 1. The molecular formula is C23H26ClFN2O2. The van der Waals surface area contributed by atoms with Gasteiger partial charge >= 0.3 is 0 Å². The van der Waals surface area contributed by atoms with Gasteiger partial charge in [0.05, 0.1) is 5.02 Å². The van der Waals surface area contributed by atoms with Gasteiger partial charge < -0.3 is 15.3 Å². The summed E-state index contributed by atoms with van der Waals surface area (Å²) >= 11 is 5.89. The van der Waals surface area contributed by atoms with Crippen LogP contribution >= 0.6 is 11.6 Å². The van der Waals surface area contributed by atoms with Crippen LogP contribution in [0.15, 0.2) is 53.6 Å². The van der Waals surface area contributed by atoms with Gasteiger partial charge in [0.15, 0.2) is 11.6 Å². The lowest BCUT2D eigenvalue weighted by molar-refractivity contribution is -0.117. The van der Waals surface area contributed by atoms with Crippen molar-refractivity contribution in [3.8, 4) is 5.75 Å². The average molecular weight is 417 g/mol. The Bertz CT molecular complexity index is 936. The standard InChI is InChI=1S/C23H26ClFN2O2/c1-14-20(23(14,2)16-8-6-5-7-9-16)22(29)26-13-17(27(3)4)10-15-11-18(24)21(28)19(25)12-15/h5-9,11-12,17,28H,10,13H2,1-4H3,(H,26,29)/t17-,23+/m0/s1. The summed E-state index contributed by atoms with van der Waals surface area (Å²) in [6.07, 6.45) is 0.484. The minimum Gasteiger partial charge on any atom is -0.504 e. The summed E-state index contributed by atoms with van der Waals surface area (Å²) in [5.41, 5.74) is 3.34. The monoisotopic (exact) mass is 416 g/mol. The number of allylic oxidation sites excluding steroid dienone is 1. The summed E-state index contributed by atoms with van der Waals surface area (Å²) in [6, 6.07) is 12.8. The van der Waals surface area contributed by atoms with E-state index in [-0.39, 0.29) is 22.4 Å². The maximum absolute atomic E-state index is 13.8. The van der Waals surface area contributed by atoms with E-state index in [4.69, 9.17) is 11.6 Å². The van der Waals surface area contributed by atoms with E-state index in [1.807, 2.05) is 56.3 Å². The van der Waals surface area contributed by atoms with Crippen molar-refractivity contribution < 1.29 is 14.3 Å². The predicted molar refractivity (Wildman–Crippen MR) is 114 cm³/mol. The quantitative estimate of drug-likeness (QED) is 0.715. The Kier molecular flexibility index (Phi) is 6.01. The zero-order chi connectivity index (χ0) is 21.3. The van der Waals surface area contributed by atoms with Crippen LogP contribution in [0, 0.1) is 5.82 Å². The number of hydrogen-bond acceptors (Lipinski definition) is 3. The Hall–Kier alpha value is -2.37. The number of phenols is 1. The Morgan fingerprint density at radius 3 is 2.52 bits per heavy atom. The van der Waals surface area contributed by atoms with Crippen molar-refractivity contribution in [1.29, 1.82) is 0 Å². The number of amides is 1. The van der Waals surface area contributed by atoms with Crippen molar-refractivity contribution in [2.24, 2.45) is 0 Å². The average Bonchev–Trinajstić information content (AvgIpc) is 3.25. The lowest BCUT2D eigenvalue weighted by atomic mass is 9.90. The molecule has 2 atom stereocenters. The van der Waals surface area contributed by atoms with E-state index < -0.39 is 11.6 Å². The number of nitrogens with zero attached hydrogens (tertiary/aromatic N) is 1. The summed E-state index contributed by atoms with van der Waals surface area (Å²) in [4.78, 5) is 14.8. The SMILES string of the molecule is CC1=C(C(=O)NC[C@H](Cc2cc(F)c(O)c(Cl)c2)N(C)C)[C@@]1(C)c1ccccc1. The number of benzene rings is 2. The van der Waals surface area contributed by atoms with Crippen LogP contribution in [-0.2, 0) is 16.6 Å². The molecule has 1 amide bonds. The Morgan fingerprint density at radius 2 is 1.93 bits per heavy atom. The van der Waals surface area contributed by atoms with Gasteiger partial charge in [-0.2, -0.15) is 0 Å². The molecule has 2 N–H and O–H groups in total. The van der Waals surface area contributed by atoms with Crippen LogP contribution in [0.1, 0.15) is 25.0 Å². The summed E-state index contributed by atoms with van der Waals surface area (Å²) in [5, 5.41) is 12.5. The molecule has 0 saturated carbocycles. The van der Waals surface area contributed by atoms with Crippen LogP contribution in [0.3, 0.4) is 0 Å². The summed E-state index contributed by atoms with van der Waals surface area (Å²) in [5.74, 6) is -1.36. The highest BCUT2D eigenvalue weighted by Crippen LogP contribution is 2.53. The molecule has 0 unspecified atom stereocenters. The highest BCUT2D eigenvalue weighted by Gasteiger charge is 2.51. The molecule has 2 aromatic rings. The van der Waals surface area contributed by atoms with Crippen molar-refractivity contribution in [1.82, 2.24) is 10.2 Å². The highest BCUT2D eigenvalue weighted by molar-refractivity contribution is 6.32. The third-order valence-electron chi connectivity index (χ3n) is 5.92. The van der Waals surface area contributed by atoms with Gasteiger partial charge in [0.25, 0.3) is 0 Å². The number of hydrogen-bond donors (Lipinski definition) is 2. The number of phenolic OH excluding ortho intramolecular Hbond substituents is 1. The molecule has 0 radical (unpaired) electrons. The fourth-order valence-electron chi connectivity index (χ4n) is 3.81. The number of aromatic hydroxyl groups is 1. The predicted octanol–water partition coefficient (Wildman–Crippen LogP) is 4.06. The lowest BCUT2D eigenvalue weighted by Gasteiger charge is -2.25. The Labute approximate surface area is 176 Å². The molecule has 1 aliphatic rings. The number of nitrogens with one attached hydrogen (secondary N) is 1. The number of carbonyl (C=O) groups excluding carboxylic acids is 1. The zero-order valence-corrected chi connectivity index (χ0v) is 17.8. The van der Waals surface area contributed by atoms with Crippen molar-refractivity contribution in [2.75, 3.05) is 20.6 Å². The smallest absolute Gasteiger partial charge is 0.248 e. The van der Waals surface area contributed by atoms with E-state index in [9.17, 15) is 14.3 Å². The molecule has 6 heteroatoms. The van der Waals surface area contributed by atoms with Gasteiger partial charge in [-0.1, -0.05) is 41.9 Å². The van der Waals surface area contributed by atoms with Crippen LogP contribution in [0.5, 0.6) is 5.75 Å². The van der Waals surface area contributed by atoms with E-state index in [0.717, 1.165) is 16.7 Å². The topological polar surface area (TPSA) is 52.6 Å². The molecule has 3 rings (SSSR count). The summed E-state index contributed by atoms with van der Waals surface area (Å²) < 4.78 is 13.8. The van der Waals surface area contributed by atoms with E-state index in [2.05, 4.69) is 12.2 Å². The number of halogens is 2. The van der Waals surface area contributed by atoms with Crippen molar-refractivity contribution >= 4 is 17.5 Å². The molecule has 1 aliphatic carbocycles. The second-order valence-corrected chi connectivity index (χ2v) is 8.34. The summed E-state index contributed by atoms with van der Waals surface area (Å²) in [7, 11) is 3.82. The maximum atomic E-state index is 13.8. The minimum absolute atomic E-state index is 0.0149. The van der Waals surface area contributed by atoms with Gasteiger partial charge in [-0.25, -0.2) is 4.39 Å². The first-order chi connectivity index (χ1) is 13.7. The van der Waals surface area contributed by atoms with Crippen molar-refractivity contribution in [3.63, 3.8) is 0 Å². The molecule has 2 aromatic carbocycles. The van der Waals surface area contributed by atoms with Gasteiger partial charge in [-0.15, -0.1) is 0 Å². The first kappa shape index (κ1) is 21.3. The van der Waals surface area contributed by atoms with Gasteiger partial charge in [0.1, 0.15) is 0 Å². The Morgan fingerprint density at radius 1 is 1.28 bits per heavy atom. The van der Waals surface area contributed by atoms with E-state index in [1.54, 1.807) is 6.07 Å². The third-order valence-corrected chi connectivity index (χ3v) is 6.21. The van der Waals surface area contributed by atoms with Gasteiger partial charge in [0.2, 0.25) is 5.91 Å². The molecule has 0 bridgehead atoms. The molecule has 0 saturated heterocycles. The van der Waals surface area contributed by atoms with Crippen LogP contribution < -0.4 is 5.32 Å². The molecule has 0 aliphatic heterocycles. The molecule has 0 spiro atoms. The first-order valence-corrected chi connectivity index (χ1v) is 9.93. The van der Waals surface area contributed by atoms with E-state index in [1.165, 1.54) is 6.07 Å². The minimum atomic E-state index is -0.744. The highest BCUT2D eigenvalue weighted by atomic mass is 35.5. The van der Waals surface area contributed by atoms with Crippen LogP contribution in [0.25, 0.3) is 0 Å². The fraction of sp³-hybridized carbons (Fsp3) is 0.348. The van der Waals surface area contributed by atoms with E-state index in [0.29, 0.717) is 18.5 Å². The van der Waals surface area contributed by atoms with Crippen LogP contribution in [0.2, 0.25) is 5.02 Å². The second-order valence-electron chi connectivity index (χ2n) is 7.93. The maximum Gasteiger partial charge on any atom is 0.248 e. The van der Waals surface area contributed by atoms with E-state index >= 15 is 0 Å².